The Kier molecular flexibility index (Phi) is 3.64. The average molecular weight is 256 g/mol. The van der Waals surface area contributed by atoms with Crippen molar-refractivity contribution in [3.63, 3.8) is 0 Å². The van der Waals surface area contributed by atoms with Crippen molar-refractivity contribution >= 4 is 28.8 Å². The Labute approximate surface area is 102 Å². The molecule has 16 heavy (non-hydrogen) atoms. The summed E-state index contributed by atoms with van der Waals surface area (Å²) < 4.78 is 4.84. The first-order valence-electron chi connectivity index (χ1n) is 4.79. The average Bonchev–Trinajstić information content (AvgIpc) is 2.88. The fraction of sp³-hybridized carbons (Fsp3) is 0.182. The van der Waals surface area contributed by atoms with Crippen molar-refractivity contribution in [1.82, 2.24) is 5.32 Å². The molecular formula is C11H10ClNO2S. The summed E-state index contributed by atoms with van der Waals surface area (Å²) in [4.78, 5) is 11.6. The molecule has 1 amide bonds. The molecule has 0 atom stereocenters. The number of furan rings is 1. The molecule has 84 valence electrons. The zero-order valence-corrected chi connectivity index (χ0v) is 9.98. The van der Waals surface area contributed by atoms with E-state index in [2.05, 4.69) is 10.7 Å². The van der Waals surface area contributed by atoms with Gasteiger partial charge in [-0.15, -0.1) is 0 Å². The molecular weight excluding hydrogens is 246 g/mol. The first-order chi connectivity index (χ1) is 7.77. The molecule has 0 saturated heterocycles. The van der Waals surface area contributed by atoms with E-state index in [1.807, 2.05) is 11.4 Å². The lowest BCUT2D eigenvalue weighted by Gasteiger charge is -2.02. The molecule has 0 aliphatic heterocycles. The lowest BCUT2D eigenvalue weighted by molar-refractivity contribution is 0.0953. The van der Waals surface area contributed by atoms with Crippen LogP contribution in [0.15, 0.2) is 33.6 Å². The van der Waals surface area contributed by atoms with Gasteiger partial charge >= 0.3 is 0 Å². The van der Waals surface area contributed by atoms with Crippen LogP contribution >= 0.6 is 22.9 Å². The van der Waals surface area contributed by atoms with Gasteiger partial charge in [-0.1, -0.05) is 0 Å². The van der Waals surface area contributed by atoms with E-state index in [9.17, 15) is 4.79 Å². The number of hydrogen-bond acceptors (Lipinski definition) is 3. The fourth-order valence-corrected chi connectivity index (χ4v) is 2.21. The van der Waals surface area contributed by atoms with Crippen molar-refractivity contribution < 1.29 is 9.21 Å². The van der Waals surface area contributed by atoms with Gasteiger partial charge in [0.25, 0.3) is 5.91 Å². The van der Waals surface area contributed by atoms with E-state index < -0.39 is 0 Å². The molecule has 2 aromatic heterocycles. The number of carbonyl (C=O) groups excluding carboxylic acids is 1. The van der Waals surface area contributed by atoms with Crippen molar-refractivity contribution in [2.24, 2.45) is 0 Å². The second-order valence-corrected chi connectivity index (χ2v) is 4.37. The van der Waals surface area contributed by atoms with E-state index in [-0.39, 0.29) is 11.1 Å². The van der Waals surface area contributed by atoms with Crippen LogP contribution in [0.3, 0.4) is 0 Å². The number of thiophene rings is 1. The first-order valence-corrected chi connectivity index (χ1v) is 6.11. The van der Waals surface area contributed by atoms with Crippen LogP contribution < -0.4 is 5.32 Å². The predicted octanol–water partition coefficient (Wildman–Crippen LogP) is 2.97. The highest BCUT2D eigenvalue weighted by atomic mass is 35.5. The van der Waals surface area contributed by atoms with E-state index in [4.69, 9.17) is 16.0 Å². The standard InChI is InChI=1S/C11H10ClNO2S/c12-10-9(2-5-15-10)11(14)13-4-1-8-3-6-16-7-8/h2-3,5-7H,1,4H2,(H,13,14). The number of nitrogens with one attached hydrogen (secondary N) is 1. The van der Waals surface area contributed by atoms with Gasteiger partial charge in [-0.3, -0.25) is 4.79 Å². The summed E-state index contributed by atoms with van der Waals surface area (Å²) in [7, 11) is 0. The Balaban J connectivity index is 1.83. The van der Waals surface area contributed by atoms with Crippen LogP contribution in [0.4, 0.5) is 0 Å². The van der Waals surface area contributed by atoms with Crippen molar-refractivity contribution in [2.75, 3.05) is 6.54 Å². The Morgan fingerprint density at radius 1 is 1.50 bits per heavy atom. The molecule has 0 aliphatic carbocycles. The van der Waals surface area contributed by atoms with Crippen LogP contribution in [0.5, 0.6) is 0 Å². The lowest BCUT2D eigenvalue weighted by Crippen LogP contribution is -2.25. The van der Waals surface area contributed by atoms with E-state index in [0.717, 1.165) is 6.42 Å². The maximum Gasteiger partial charge on any atom is 0.256 e. The van der Waals surface area contributed by atoms with E-state index in [0.29, 0.717) is 12.1 Å². The maximum atomic E-state index is 11.6. The van der Waals surface area contributed by atoms with Crippen LogP contribution in [-0.4, -0.2) is 12.5 Å². The van der Waals surface area contributed by atoms with Gasteiger partial charge in [0.2, 0.25) is 5.22 Å². The zero-order valence-electron chi connectivity index (χ0n) is 8.40. The van der Waals surface area contributed by atoms with Gasteiger partial charge in [0.1, 0.15) is 0 Å². The van der Waals surface area contributed by atoms with E-state index in [1.165, 1.54) is 11.8 Å². The van der Waals surface area contributed by atoms with Gasteiger partial charge < -0.3 is 9.73 Å². The molecule has 0 aliphatic rings. The van der Waals surface area contributed by atoms with Crippen LogP contribution in [-0.2, 0) is 6.42 Å². The number of rotatable bonds is 4. The van der Waals surface area contributed by atoms with Gasteiger partial charge in [-0.05, 0) is 46.5 Å². The fourth-order valence-electron chi connectivity index (χ4n) is 1.31. The minimum Gasteiger partial charge on any atom is -0.452 e. The molecule has 2 rings (SSSR count). The normalized spacial score (nSPS) is 10.3. The van der Waals surface area contributed by atoms with Crippen molar-refractivity contribution in [3.8, 4) is 0 Å². The summed E-state index contributed by atoms with van der Waals surface area (Å²) in [6.07, 6.45) is 2.22. The highest BCUT2D eigenvalue weighted by Crippen LogP contribution is 2.16. The number of halogens is 1. The Bertz CT molecular complexity index is 464. The zero-order chi connectivity index (χ0) is 11.4. The van der Waals surface area contributed by atoms with Crippen LogP contribution in [0.25, 0.3) is 0 Å². The highest BCUT2D eigenvalue weighted by molar-refractivity contribution is 7.07. The van der Waals surface area contributed by atoms with E-state index >= 15 is 0 Å². The SMILES string of the molecule is O=C(NCCc1ccsc1)c1ccoc1Cl. The topological polar surface area (TPSA) is 42.2 Å². The molecule has 3 nitrogen and oxygen atoms in total. The molecule has 0 unspecified atom stereocenters. The van der Waals surface area contributed by atoms with Gasteiger partial charge in [0, 0.05) is 6.54 Å². The minimum absolute atomic E-state index is 0.132. The van der Waals surface area contributed by atoms with Gasteiger partial charge in [0.15, 0.2) is 0 Å². The monoisotopic (exact) mass is 255 g/mol. The molecule has 0 aromatic carbocycles. The third-order valence-corrected chi connectivity index (χ3v) is 3.17. The van der Waals surface area contributed by atoms with Crippen LogP contribution in [0, 0.1) is 0 Å². The summed E-state index contributed by atoms with van der Waals surface area (Å²) in [6.45, 7) is 0.594. The molecule has 0 spiro atoms. The van der Waals surface area contributed by atoms with Crippen LogP contribution in [0.2, 0.25) is 5.22 Å². The predicted molar refractivity (Wildman–Crippen MR) is 64.1 cm³/mol. The summed E-state index contributed by atoms with van der Waals surface area (Å²) in [5, 5.41) is 7.00. The van der Waals surface area contributed by atoms with Crippen molar-refractivity contribution in [3.05, 3.63) is 45.5 Å². The summed E-state index contributed by atoms with van der Waals surface area (Å²) in [5.41, 5.74) is 1.61. The Morgan fingerprint density at radius 2 is 2.38 bits per heavy atom. The van der Waals surface area contributed by atoms with E-state index in [1.54, 1.807) is 17.4 Å². The second kappa shape index (κ2) is 5.18. The highest BCUT2D eigenvalue weighted by Gasteiger charge is 2.11. The lowest BCUT2D eigenvalue weighted by atomic mass is 10.2. The third kappa shape index (κ3) is 2.65. The largest absolute Gasteiger partial charge is 0.452 e. The molecule has 1 N–H and O–H groups in total. The van der Waals surface area contributed by atoms with Crippen LogP contribution in [0.1, 0.15) is 15.9 Å². The first kappa shape index (κ1) is 11.2. The molecule has 0 bridgehead atoms. The molecule has 0 saturated carbocycles. The van der Waals surface area contributed by atoms with Crippen molar-refractivity contribution in [2.45, 2.75) is 6.42 Å². The Hall–Kier alpha value is -1.26. The summed E-state index contributed by atoms with van der Waals surface area (Å²) >= 11 is 7.34. The quantitative estimate of drug-likeness (QED) is 0.913. The third-order valence-electron chi connectivity index (χ3n) is 2.14. The summed E-state index contributed by atoms with van der Waals surface area (Å²) in [6, 6.07) is 3.60. The van der Waals surface area contributed by atoms with Crippen molar-refractivity contribution in [1.29, 1.82) is 0 Å². The molecule has 2 heterocycles. The minimum atomic E-state index is -0.200. The van der Waals surface area contributed by atoms with Gasteiger partial charge in [-0.25, -0.2) is 0 Å². The maximum absolute atomic E-state index is 11.6. The number of carbonyl (C=O) groups is 1. The van der Waals surface area contributed by atoms with Gasteiger partial charge in [0.05, 0.1) is 11.8 Å². The molecule has 0 radical (unpaired) electrons. The molecule has 0 fully saturated rings. The summed E-state index contributed by atoms with van der Waals surface area (Å²) in [5.74, 6) is -0.200. The number of amides is 1. The Morgan fingerprint density at radius 3 is 3.00 bits per heavy atom. The smallest absolute Gasteiger partial charge is 0.256 e. The molecule has 5 heteroatoms. The molecule has 2 aromatic rings. The van der Waals surface area contributed by atoms with Gasteiger partial charge in [-0.2, -0.15) is 11.3 Å². The second-order valence-electron chi connectivity index (χ2n) is 3.25. The number of hydrogen-bond donors (Lipinski definition) is 1.